The van der Waals surface area contributed by atoms with Gasteiger partial charge in [0.2, 0.25) is 5.91 Å². The first-order valence-electron chi connectivity index (χ1n) is 7.79. The molecule has 1 amide bonds. The number of hydrogen-bond donors (Lipinski definition) is 1. The topological polar surface area (TPSA) is 61.9 Å². The molecule has 2 unspecified atom stereocenters. The molecule has 1 aromatic rings. The molecule has 0 radical (unpaired) electrons. The van der Waals surface area contributed by atoms with E-state index in [4.69, 9.17) is 5.73 Å². The second kappa shape index (κ2) is 6.88. The largest absolute Gasteiger partial charge is 0.368 e. The highest BCUT2D eigenvalue weighted by atomic mass is 32.2. The number of primary amides is 1. The highest BCUT2D eigenvalue weighted by molar-refractivity contribution is 8.14. The third-order valence-corrected chi connectivity index (χ3v) is 5.34. The van der Waals surface area contributed by atoms with Gasteiger partial charge in [0.15, 0.2) is 5.17 Å². The second-order valence-electron chi connectivity index (χ2n) is 5.93. The minimum atomic E-state index is -0.505. The smallest absolute Gasteiger partial charge is 0.239 e. The summed E-state index contributed by atoms with van der Waals surface area (Å²) >= 11 is 1.81. The first kappa shape index (κ1) is 16.3. The number of amidine groups is 1. The average molecular weight is 336 g/mol. The molecule has 0 spiro atoms. The van der Waals surface area contributed by atoms with Crippen LogP contribution in [-0.2, 0) is 4.79 Å². The fourth-order valence-corrected chi connectivity index (χ4v) is 4.00. The number of hydrogen-bond acceptors (Lipinski definition) is 5. The summed E-state index contributed by atoms with van der Waals surface area (Å²) in [5.41, 5.74) is 6.34. The lowest BCUT2D eigenvalue weighted by atomic mass is 10.0. The molecular weight excluding hydrogens is 315 g/mol. The minimum absolute atomic E-state index is 0.313. The van der Waals surface area contributed by atoms with Crippen LogP contribution in [0, 0.1) is 5.82 Å². The van der Waals surface area contributed by atoms with Gasteiger partial charge in [-0.1, -0.05) is 30.8 Å². The van der Waals surface area contributed by atoms with Gasteiger partial charge in [0.25, 0.3) is 0 Å². The SMILES string of the molecule is CC1CN=C(N2CCN(C(C(N)=O)c3ccc(F)cc3)CC2)S1. The molecule has 7 heteroatoms. The second-order valence-corrected chi connectivity index (χ2v) is 7.34. The van der Waals surface area contributed by atoms with Crippen molar-refractivity contribution < 1.29 is 9.18 Å². The Labute approximate surface area is 139 Å². The summed E-state index contributed by atoms with van der Waals surface area (Å²) in [5.74, 6) is -0.710. The summed E-state index contributed by atoms with van der Waals surface area (Å²) in [6.45, 7) is 6.17. The quantitative estimate of drug-likeness (QED) is 0.908. The normalized spacial score (nSPS) is 23.7. The molecule has 3 rings (SSSR count). The van der Waals surface area contributed by atoms with Gasteiger partial charge in [0.1, 0.15) is 11.9 Å². The van der Waals surface area contributed by atoms with Crippen LogP contribution >= 0.6 is 11.8 Å². The molecule has 2 aliphatic heterocycles. The van der Waals surface area contributed by atoms with Crippen LogP contribution in [0.15, 0.2) is 29.3 Å². The Hall–Kier alpha value is -1.60. The molecule has 5 nitrogen and oxygen atoms in total. The van der Waals surface area contributed by atoms with Gasteiger partial charge in [-0.2, -0.15) is 0 Å². The first-order valence-corrected chi connectivity index (χ1v) is 8.67. The summed E-state index contributed by atoms with van der Waals surface area (Å²) in [6.07, 6.45) is 0. The molecule has 2 heterocycles. The maximum Gasteiger partial charge on any atom is 0.239 e. The van der Waals surface area contributed by atoms with E-state index in [0.29, 0.717) is 5.25 Å². The first-order chi connectivity index (χ1) is 11.0. The Morgan fingerprint density at radius 3 is 2.48 bits per heavy atom. The van der Waals surface area contributed by atoms with Gasteiger partial charge < -0.3 is 10.6 Å². The van der Waals surface area contributed by atoms with E-state index in [2.05, 4.69) is 21.7 Å². The van der Waals surface area contributed by atoms with E-state index in [1.807, 2.05) is 11.8 Å². The summed E-state index contributed by atoms with van der Waals surface area (Å²) < 4.78 is 13.1. The molecule has 0 aliphatic carbocycles. The lowest BCUT2D eigenvalue weighted by molar-refractivity contribution is -0.124. The molecule has 2 atom stereocenters. The van der Waals surface area contributed by atoms with Gasteiger partial charge in [0, 0.05) is 31.4 Å². The van der Waals surface area contributed by atoms with Crippen LogP contribution in [0.25, 0.3) is 0 Å². The predicted octanol–water partition coefficient (Wildman–Crippen LogP) is 1.46. The molecule has 1 fully saturated rings. The Balaban J connectivity index is 1.66. The maximum atomic E-state index is 13.1. The van der Waals surface area contributed by atoms with E-state index in [9.17, 15) is 9.18 Å². The Morgan fingerprint density at radius 2 is 1.96 bits per heavy atom. The van der Waals surface area contributed by atoms with Crippen LogP contribution in [-0.4, -0.2) is 58.8 Å². The van der Waals surface area contributed by atoms with Crippen molar-refractivity contribution in [2.24, 2.45) is 10.7 Å². The van der Waals surface area contributed by atoms with E-state index in [0.717, 1.165) is 43.5 Å². The monoisotopic (exact) mass is 336 g/mol. The minimum Gasteiger partial charge on any atom is -0.368 e. The number of aliphatic imine (C=N–C) groups is 1. The lowest BCUT2D eigenvalue weighted by Crippen LogP contribution is -2.51. The Bertz CT molecular complexity index is 599. The Morgan fingerprint density at radius 1 is 1.30 bits per heavy atom. The van der Waals surface area contributed by atoms with Crippen molar-refractivity contribution in [3.8, 4) is 0 Å². The number of piperazine rings is 1. The zero-order valence-electron chi connectivity index (χ0n) is 13.1. The summed E-state index contributed by atoms with van der Waals surface area (Å²) in [5, 5.41) is 1.65. The molecule has 124 valence electrons. The summed E-state index contributed by atoms with van der Waals surface area (Å²) in [6, 6.07) is 5.50. The number of nitrogens with zero attached hydrogens (tertiary/aromatic N) is 3. The maximum absolute atomic E-state index is 13.1. The van der Waals surface area contributed by atoms with Crippen molar-refractivity contribution in [2.45, 2.75) is 18.2 Å². The zero-order chi connectivity index (χ0) is 16.4. The van der Waals surface area contributed by atoms with Crippen molar-refractivity contribution in [1.29, 1.82) is 0 Å². The van der Waals surface area contributed by atoms with E-state index >= 15 is 0 Å². The van der Waals surface area contributed by atoms with E-state index in [-0.39, 0.29) is 5.82 Å². The van der Waals surface area contributed by atoms with Gasteiger partial charge in [-0.25, -0.2) is 4.39 Å². The van der Waals surface area contributed by atoms with E-state index in [1.165, 1.54) is 12.1 Å². The fraction of sp³-hybridized carbons (Fsp3) is 0.500. The average Bonchev–Trinajstić information content (AvgIpc) is 2.96. The number of thioether (sulfide) groups is 1. The lowest BCUT2D eigenvalue weighted by Gasteiger charge is -2.38. The third kappa shape index (κ3) is 3.67. The van der Waals surface area contributed by atoms with Crippen LogP contribution in [0.5, 0.6) is 0 Å². The predicted molar refractivity (Wildman–Crippen MR) is 90.8 cm³/mol. The number of halogens is 1. The highest BCUT2D eigenvalue weighted by Gasteiger charge is 2.31. The van der Waals surface area contributed by atoms with Crippen molar-refractivity contribution in [3.05, 3.63) is 35.6 Å². The number of benzene rings is 1. The van der Waals surface area contributed by atoms with Crippen LogP contribution in [0.4, 0.5) is 4.39 Å². The van der Waals surface area contributed by atoms with Gasteiger partial charge in [-0.05, 0) is 17.7 Å². The summed E-state index contributed by atoms with van der Waals surface area (Å²) in [7, 11) is 0. The number of carbonyl (C=O) groups is 1. The summed E-state index contributed by atoms with van der Waals surface area (Å²) in [4.78, 5) is 20.8. The van der Waals surface area contributed by atoms with Gasteiger partial charge in [-0.3, -0.25) is 14.7 Å². The van der Waals surface area contributed by atoms with Crippen LogP contribution in [0.1, 0.15) is 18.5 Å². The van der Waals surface area contributed by atoms with Crippen molar-refractivity contribution in [1.82, 2.24) is 9.80 Å². The van der Waals surface area contributed by atoms with Crippen LogP contribution < -0.4 is 5.73 Å². The van der Waals surface area contributed by atoms with Crippen molar-refractivity contribution >= 4 is 22.8 Å². The fourth-order valence-electron chi connectivity index (χ4n) is 3.01. The number of rotatable bonds is 3. The standard InChI is InChI=1S/C16H21FN4OS/c1-11-10-19-16(23-11)21-8-6-20(7-9-21)14(15(18)22)12-2-4-13(17)5-3-12/h2-5,11,14H,6-10H2,1H3,(H2,18,22). The molecule has 1 saturated heterocycles. The molecule has 1 aromatic carbocycles. The highest BCUT2D eigenvalue weighted by Crippen LogP contribution is 2.26. The van der Waals surface area contributed by atoms with Crippen LogP contribution in [0.3, 0.4) is 0 Å². The van der Waals surface area contributed by atoms with Gasteiger partial charge in [-0.15, -0.1) is 0 Å². The third-order valence-electron chi connectivity index (χ3n) is 4.20. The molecular formula is C16H21FN4OS. The van der Waals surface area contributed by atoms with Crippen molar-refractivity contribution in [3.63, 3.8) is 0 Å². The zero-order valence-corrected chi connectivity index (χ0v) is 13.9. The van der Waals surface area contributed by atoms with E-state index in [1.54, 1.807) is 12.1 Å². The molecule has 0 bridgehead atoms. The molecule has 0 saturated carbocycles. The Kier molecular flexibility index (Phi) is 4.87. The number of carbonyl (C=O) groups excluding carboxylic acids is 1. The number of nitrogens with two attached hydrogens (primary N) is 1. The van der Waals surface area contributed by atoms with E-state index < -0.39 is 11.9 Å². The van der Waals surface area contributed by atoms with Gasteiger partial charge in [0.05, 0.1) is 6.54 Å². The van der Waals surface area contributed by atoms with Gasteiger partial charge >= 0.3 is 0 Å². The number of amides is 1. The molecule has 0 aromatic heterocycles. The van der Waals surface area contributed by atoms with Crippen molar-refractivity contribution in [2.75, 3.05) is 32.7 Å². The molecule has 2 aliphatic rings. The molecule has 2 N–H and O–H groups in total. The van der Waals surface area contributed by atoms with Crippen LogP contribution in [0.2, 0.25) is 0 Å². The molecule has 23 heavy (non-hydrogen) atoms.